The van der Waals surface area contributed by atoms with Crippen LogP contribution in [-0.4, -0.2) is 31.2 Å². The van der Waals surface area contributed by atoms with Crippen LogP contribution in [0.15, 0.2) is 18.5 Å². The molecule has 1 saturated heterocycles. The van der Waals surface area contributed by atoms with Gasteiger partial charge in [0.05, 0.1) is 11.3 Å². The highest BCUT2D eigenvalue weighted by Crippen LogP contribution is 2.35. The van der Waals surface area contributed by atoms with Crippen LogP contribution in [0.1, 0.15) is 5.56 Å². The van der Waals surface area contributed by atoms with E-state index in [4.69, 9.17) is 0 Å². The molecule has 1 aromatic rings. The summed E-state index contributed by atoms with van der Waals surface area (Å²) >= 11 is 0. The lowest BCUT2D eigenvalue weighted by Crippen LogP contribution is -2.44. The van der Waals surface area contributed by atoms with Crippen molar-refractivity contribution in [1.29, 1.82) is 0 Å². The van der Waals surface area contributed by atoms with Gasteiger partial charge in [-0.15, -0.1) is 37.2 Å². The molecule has 0 aromatic carbocycles. The Bertz CT molecular complexity index is 371. The molecule has 2 rings (SSSR count). The largest absolute Gasteiger partial charge is 0.419 e. The highest BCUT2D eigenvalue weighted by atomic mass is 35.5. The lowest BCUT2D eigenvalue weighted by Gasteiger charge is -2.31. The van der Waals surface area contributed by atoms with Gasteiger partial charge in [-0.1, -0.05) is 0 Å². The number of alkyl halides is 3. The van der Waals surface area contributed by atoms with E-state index in [-0.39, 0.29) is 42.9 Å². The number of piperazine rings is 1. The van der Waals surface area contributed by atoms with Crippen LogP contribution in [0, 0.1) is 0 Å². The minimum atomic E-state index is -4.34. The Labute approximate surface area is 128 Å². The molecule has 0 amide bonds. The zero-order valence-electron chi connectivity index (χ0n) is 9.81. The number of pyridine rings is 1. The zero-order chi connectivity index (χ0) is 11.6. The fourth-order valence-corrected chi connectivity index (χ4v) is 1.79. The smallest absolute Gasteiger partial charge is 0.368 e. The van der Waals surface area contributed by atoms with E-state index in [0.717, 1.165) is 6.20 Å². The number of nitrogens with zero attached hydrogens (tertiary/aromatic N) is 2. The summed E-state index contributed by atoms with van der Waals surface area (Å²) in [7, 11) is 0. The first-order valence-corrected chi connectivity index (χ1v) is 5.06. The second-order valence-electron chi connectivity index (χ2n) is 3.63. The molecule has 0 unspecified atom stereocenters. The summed E-state index contributed by atoms with van der Waals surface area (Å²) in [4.78, 5) is 5.28. The summed E-state index contributed by atoms with van der Waals surface area (Å²) in [6, 6.07) is 1.42. The van der Waals surface area contributed by atoms with Gasteiger partial charge in [-0.2, -0.15) is 13.2 Å². The van der Waals surface area contributed by atoms with E-state index in [2.05, 4.69) is 10.3 Å². The van der Waals surface area contributed by atoms with Crippen molar-refractivity contribution in [1.82, 2.24) is 10.3 Å². The van der Waals surface area contributed by atoms with Crippen molar-refractivity contribution in [3.63, 3.8) is 0 Å². The summed E-state index contributed by atoms with van der Waals surface area (Å²) in [6.45, 7) is 2.60. The van der Waals surface area contributed by atoms with E-state index in [1.54, 1.807) is 4.90 Å². The number of nitrogens with one attached hydrogen (secondary N) is 1. The second-order valence-corrected chi connectivity index (χ2v) is 3.63. The Balaban J connectivity index is 0. The molecule has 1 N–H and O–H groups in total. The molecule has 112 valence electrons. The molecule has 0 aliphatic carbocycles. The van der Waals surface area contributed by atoms with Crippen LogP contribution in [0.4, 0.5) is 18.9 Å². The van der Waals surface area contributed by atoms with E-state index in [9.17, 15) is 13.2 Å². The first-order valence-electron chi connectivity index (χ1n) is 5.06. The Morgan fingerprint density at radius 2 is 1.68 bits per heavy atom. The van der Waals surface area contributed by atoms with Gasteiger partial charge in [0.1, 0.15) is 0 Å². The van der Waals surface area contributed by atoms with Gasteiger partial charge in [-0.25, -0.2) is 0 Å². The third-order valence-electron chi connectivity index (χ3n) is 2.56. The number of anilines is 1. The van der Waals surface area contributed by atoms with Crippen LogP contribution < -0.4 is 10.2 Å². The molecule has 0 radical (unpaired) electrons. The molecule has 0 saturated carbocycles. The van der Waals surface area contributed by atoms with Crippen LogP contribution >= 0.6 is 37.2 Å². The fraction of sp³-hybridized carbons (Fsp3) is 0.500. The summed E-state index contributed by atoms with van der Waals surface area (Å²) in [6.07, 6.45) is -2.06. The van der Waals surface area contributed by atoms with E-state index in [1.165, 1.54) is 12.3 Å². The minimum Gasteiger partial charge on any atom is -0.368 e. The van der Waals surface area contributed by atoms with Gasteiger partial charge in [-0.3, -0.25) is 4.98 Å². The van der Waals surface area contributed by atoms with Crippen LogP contribution in [0.2, 0.25) is 0 Å². The highest BCUT2D eigenvalue weighted by molar-refractivity contribution is 5.86. The number of rotatable bonds is 1. The maximum absolute atomic E-state index is 12.7. The monoisotopic (exact) mass is 339 g/mol. The summed E-state index contributed by atoms with van der Waals surface area (Å²) in [5.74, 6) is 0. The lowest BCUT2D eigenvalue weighted by atomic mass is 10.2. The highest BCUT2D eigenvalue weighted by Gasteiger charge is 2.35. The van der Waals surface area contributed by atoms with Crippen molar-refractivity contribution in [3.8, 4) is 0 Å². The molecular formula is C10H15Cl3F3N3. The van der Waals surface area contributed by atoms with Gasteiger partial charge < -0.3 is 10.2 Å². The van der Waals surface area contributed by atoms with Gasteiger partial charge in [0.15, 0.2) is 0 Å². The van der Waals surface area contributed by atoms with Gasteiger partial charge in [0.2, 0.25) is 0 Å². The standard InChI is InChI=1S/C10H12F3N3.3ClH/c11-10(12,13)8-7-15-2-1-9(8)16-5-3-14-4-6-16;;;/h1-2,7,14H,3-6H2;3*1H. The number of hydrogen-bond donors (Lipinski definition) is 1. The number of hydrogen-bond acceptors (Lipinski definition) is 3. The van der Waals surface area contributed by atoms with Gasteiger partial charge in [0.25, 0.3) is 0 Å². The van der Waals surface area contributed by atoms with Crippen molar-refractivity contribution in [2.75, 3.05) is 31.1 Å². The van der Waals surface area contributed by atoms with Gasteiger partial charge in [-0.05, 0) is 6.07 Å². The Morgan fingerprint density at radius 3 is 2.21 bits per heavy atom. The van der Waals surface area contributed by atoms with Crippen LogP contribution in [0.3, 0.4) is 0 Å². The Kier molecular flexibility index (Phi) is 9.54. The Hall–Kier alpha value is -0.430. The predicted octanol–water partition coefficient (Wildman–Crippen LogP) is 2.78. The summed E-state index contributed by atoms with van der Waals surface area (Å²) in [5, 5.41) is 3.10. The van der Waals surface area contributed by atoms with Crippen molar-refractivity contribution < 1.29 is 13.2 Å². The average Bonchev–Trinajstić information content (AvgIpc) is 2.29. The molecule has 1 aromatic heterocycles. The summed E-state index contributed by atoms with van der Waals surface area (Å²) in [5.41, 5.74) is -0.430. The van der Waals surface area contributed by atoms with E-state index in [1.807, 2.05) is 0 Å². The van der Waals surface area contributed by atoms with Crippen molar-refractivity contribution in [2.24, 2.45) is 0 Å². The molecular weight excluding hydrogens is 325 g/mol. The van der Waals surface area contributed by atoms with E-state index in [0.29, 0.717) is 26.2 Å². The molecule has 3 nitrogen and oxygen atoms in total. The fourth-order valence-electron chi connectivity index (χ4n) is 1.79. The van der Waals surface area contributed by atoms with E-state index >= 15 is 0 Å². The third-order valence-corrected chi connectivity index (χ3v) is 2.56. The normalized spacial score (nSPS) is 14.8. The van der Waals surface area contributed by atoms with Crippen LogP contribution in [0.25, 0.3) is 0 Å². The van der Waals surface area contributed by atoms with Crippen LogP contribution in [0.5, 0.6) is 0 Å². The average molecular weight is 341 g/mol. The van der Waals surface area contributed by atoms with Crippen molar-refractivity contribution >= 4 is 42.9 Å². The molecule has 0 atom stereocenters. The van der Waals surface area contributed by atoms with Gasteiger partial charge in [0, 0.05) is 38.6 Å². The molecule has 9 heteroatoms. The topological polar surface area (TPSA) is 28.2 Å². The molecule has 1 fully saturated rings. The predicted molar refractivity (Wildman–Crippen MR) is 76.1 cm³/mol. The molecule has 19 heavy (non-hydrogen) atoms. The number of aromatic nitrogens is 1. The first-order chi connectivity index (χ1) is 7.59. The second kappa shape index (κ2) is 8.68. The molecule has 0 spiro atoms. The SMILES string of the molecule is Cl.Cl.Cl.FC(F)(F)c1cnccc1N1CCNCC1. The zero-order valence-corrected chi connectivity index (χ0v) is 12.3. The lowest BCUT2D eigenvalue weighted by molar-refractivity contribution is -0.137. The molecule has 1 aliphatic heterocycles. The third kappa shape index (κ3) is 5.22. The van der Waals surface area contributed by atoms with Crippen molar-refractivity contribution in [3.05, 3.63) is 24.0 Å². The molecule has 0 bridgehead atoms. The number of halogens is 6. The van der Waals surface area contributed by atoms with Gasteiger partial charge >= 0.3 is 6.18 Å². The quantitative estimate of drug-likeness (QED) is 0.852. The summed E-state index contributed by atoms with van der Waals surface area (Å²) < 4.78 is 38.2. The van der Waals surface area contributed by atoms with Crippen LogP contribution in [-0.2, 0) is 6.18 Å². The Morgan fingerprint density at radius 1 is 1.11 bits per heavy atom. The van der Waals surface area contributed by atoms with E-state index < -0.39 is 11.7 Å². The minimum absolute atomic E-state index is 0. The first kappa shape index (κ1) is 20.9. The molecule has 2 heterocycles. The van der Waals surface area contributed by atoms with Crippen molar-refractivity contribution in [2.45, 2.75) is 6.18 Å². The maximum Gasteiger partial charge on any atom is 0.419 e. The maximum atomic E-state index is 12.7. The molecule has 1 aliphatic rings.